The van der Waals surface area contributed by atoms with Crippen LogP contribution in [0.5, 0.6) is 5.88 Å². The van der Waals surface area contributed by atoms with Gasteiger partial charge in [-0.25, -0.2) is 14.6 Å². The number of hydrogen-bond acceptors (Lipinski definition) is 5. The third-order valence-corrected chi connectivity index (χ3v) is 3.50. The van der Waals surface area contributed by atoms with E-state index in [0.29, 0.717) is 31.0 Å². The van der Waals surface area contributed by atoms with E-state index in [4.69, 9.17) is 14.6 Å². The Hall–Kier alpha value is -2.83. The van der Waals surface area contributed by atoms with Crippen LogP contribution in [0.25, 0.3) is 10.9 Å². The summed E-state index contributed by atoms with van der Waals surface area (Å²) in [6.45, 7) is 6.38. The molecule has 0 fully saturated rings. The van der Waals surface area contributed by atoms with Crippen molar-refractivity contribution in [3.05, 3.63) is 35.9 Å². The number of rotatable bonds is 6. The minimum Gasteiger partial charge on any atom is -0.478 e. The van der Waals surface area contributed by atoms with Gasteiger partial charge in [-0.2, -0.15) is 0 Å². The molecule has 0 aliphatic carbocycles. The predicted molar refractivity (Wildman–Crippen MR) is 97.7 cm³/mol. The zero-order valence-electron chi connectivity index (χ0n) is 15.5. The zero-order valence-corrected chi connectivity index (χ0v) is 15.5. The fourth-order valence-corrected chi connectivity index (χ4v) is 2.23. The summed E-state index contributed by atoms with van der Waals surface area (Å²) in [5.74, 6) is -0.512. The number of carbonyl (C=O) groups is 2. The molecule has 2 aromatic rings. The average molecular weight is 360 g/mol. The average Bonchev–Trinajstić information content (AvgIpc) is 2.56. The van der Waals surface area contributed by atoms with Crippen molar-refractivity contribution in [1.29, 1.82) is 0 Å². The van der Waals surface area contributed by atoms with Crippen LogP contribution in [0.2, 0.25) is 0 Å². The zero-order chi connectivity index (χ0) is 19.3. The van der Waals surface area contributed by atoms with E-state index in [1.807, 2.05) is 20.8 Å². The predicted octanol–water partition coefficient (Wildman–Crippen LogP) is 3.57. The topological polar surface area (TPSA) is 89.0 Å². The van der Waals surface area contributed by atoms with Crippen LogP contribution in [-0.4, -0.2) is 52.9 Å². The van der Waals surface area contributed by atoms with Gasteiger partial charge in [0.1, 0.15) is 5.60 Å². The van der Waals surface area contributed by atoms with Crippen LogP contribution in [0.3, 0.4) is 0 Å². The second-order valence-corrected chi connectivity index (χ2v) is 6.97. The van der Waals surface area contributed by atoms with E-state index < -0.39 is 11.6 Å². The van der Waals surface area contributed by atoms with Crippen LogP contribution in [0, 0.1) is 0 Å². The summed E-state index contributed by atoms with van der Waals surface area (Å²) < 4.78 is 10.9. The van der Waals surface area contributed by atoms with E-state index in [1.165, 1.54) is 11.0 Å². The van der Waals surface area contributed by atoms with Gasteiger partial charge in [0.05, 0.1) is 17.7 Å². The van der Waals surface area contributed by atoms with E-state index in [9.17, 15) is 9.59 Å². The molecule has 1 aromatic heterocycles. The van der Waals surface area contributed by atoms with Crippen LogP contribution < -0.4 is 4.74 Å². The fourth-order valence-electron chi connectivity index (χ4n) is 2.23. The number of carboxylic acid groups (broad SMARTS) is 1. The van der Waals surface area contributed by atoms with Crippen molar-refractivity contribution in [2.24, 2.45) is 0 Å². The van der Waals surface area contributed by atoms with Gasteiger partial charge in [-0.3, -0.25) is 0 Å². The maximum Gasteiger partial charge on any atom is 0.410 e. The van der Waals surface area contributed by atoms with Gasteiger partial charge in [-0.15, -0.1) is 0 Å². The first-order valence-electron chi connectivity index (χ1n) is 8.37. The highest BCUT2D eigenvalue weighted by Crippen LogP contribution is 2.18. The van der Waals surface area contributed by atoms with E-state index in [2.05, 4.69) is 4.98 Å². The molecule has 0 saturated heterocycles. The van der Waals surface area contributed by atoms with E-state index in [0.717, 1.165) is 5.39 Å². The number of pyridine rings is 1. The van der Waals surface area contributed by atoms with Gasteiger partial charge in [0.15, 0.2) is 0 Å². The third kappa shape index (κ3) is 5.61. The quantitative estimate of drug-likeness (QED) is 0.792. The number of aromatic nitrogens is 1. The van der Waals surface area contributed by atoms with Crippen molar-refractivity contribution >= 4 is 23.0 Å². The number of carbonyl (C=O) groups excluding carboxylic acids is 1. The van der Waals surface area contributed by atoms with E-state index >= 15 is 0 Å². The van der Waals surface area contributed by atoms with Gasteiger partial charge in [-0.05, 0) is 51.5 Å². The molecule has 0 bridgehead atoms. The molecule has 0 radical (unpaired) electrons. The monoisotopic (exact) mass is 360 g/mol. The summed E-state index contributed by atoms with van der Waals surface area (Å²) >= 11 is 0. The number of fused-ring (bicyclic) bond motifs is 1. The molecule has 0 unspecified atom stereocenters. The molecule has 0 spiro atoms. The van der Waals surface area contributed by atoms with Crippen molar-refractivity contribution in [2.45, 2.75) is 32.8 Å². The standard InChI is InChI=1S/C19H24N2O5/c1-19(2,3)26-18(24)21(4)10-5-11-25-16-9-7-13-12-14(17(22)23)6-8-15(13)20-16/h6-9,12H,5,10-11H2,1-4H3,(H,22,23). The summed E-state index contributed by atoms with van der Waals surface area (Å²) in [5.41, 5.74) is 0.369. The number of nitrogens with zero attached hydrogens (tertiary/aromatic N) is 2. The minimum absolute atomic E-state index is 0.221. The highest BCUT2D eigenvalue weighted by molar-refractivity contribution is 5.93. The second kappa shape index (κ2) is 8.03. The summed E-state index contributed by atoms with van der Waals surface area (Å²) in [4.78, 5) is 28.7. The van der Waals surface area contributed by atoms with Gasteiger partial charge in [0.25, 0.3) is 0 Å². The lowest BCUT2D eigenvalue weighted by molar-refractivity contribution is 0.0291. The Balaban J connectivity index is 1.85. The molecular formula is C19H24N2O5. The van der Waals surface area contributed by atoms with E-state index in [-0.39, 0.29) is 11.7 Å². The van der Waals surface area contributed by atoms with Crippen LogP contribution in [0.4, 0.5) is 4.79 Å². The summed E-state index contributed by atoms with van der Waals surface area (Å²) in [6.07, 6.45) is 0.267. The Labute approximate surface area is 152 Å². The molecule has 2 rings (SSSR count). The highest BCUT2D eigenvalue weighted by Gasteiger charge is 2.19. The summed E-state index contributed by atoms with van der Waals surface area (Å²) in [7, 11) is 1.68. The molecule has 0 atom stereocenters. The van der Waals surface area contributed by atoms with Crippen LogP contribution in [0.1, 0.15) is 37.6 Å². The molecule has 0 aliphatic rings. The van der Waals surface area contributed by atoms with Gasteiger partial charge >= 0.3 is 12.1 Å². The Morgan fingerprint density at radius 3 is 2.58 bits per heavy atom. The normalized spacial score (nSPS) is 11.2. The number of amides is 1. The molecule has 1 amide bonds. The van der Waals surface area contributed by atoms with Crippen molar-refractivity contribution < 1.29 is 24.2 Å². The smallest absolute Gasteiger partial charge is 0.410 e. The molecule has 26 heavy (non-hydrogen) atoms. The molecule has 0 saturated carbocycles. The Morgan fingerprint density at radius 2 is 1.92 bits per heavy atom. The fraction of sp³-hybridized carbons (Fsp3) is 0.421. The van der Waals surface area contributed by atoms with Crippen molar-refractivity contribution in [1.82, 2.24) is 9.88 Å². The number of benzene rings is 1. The lowest BCUT2D eigenvalue weighted by atomic mass is 10.1. The first-order valence-corrected chi connectivity index (χ1v) is 8.37. The first-order chi connectivity index (χ1) is 12.2. The molecular weight excluding hydrogens is 336 g/mol. The molecule has 1 aromatic carbocycles. The van der Waals surface area contributed by atoms with Crippen molar-refractivity contribution in [3.8, 4) is 5.88 Å². The lowest BCUT2D eigenvalue weighted by Crippen LogP contribution is -2.35. The Morgan fingerprint density at radius 1 is 1.19 bits per heavy atom. The maximum absolute atomic E-state index is 11.9. The Bertz CT molecular complexity index is 798. The number of ether oxygens (including phenoxy) is 2. The second-order valence-electron chi connectivity index (χ2n) is 6.97. The Kier molecular flexibility index (Phi) is 6.02. The molecule has 7 nitrogen and oxygen atoms in total. The molecule has 0 aliphatic heterocycles. The van der Waals surface area contributed by atoms with Gasteiger partial charge in [0, 0.05) is 25.0 Å². The van der Waals surface area contributed by atoms with Gasteiger partial charge < -0.3 is 19.5 Å². The van der Waals surface area contributed by atoms with Crippen LogP contribution in [-0.2, 0) is 4.74 Å². The SMILES string of the molecule is CN(CCCOc1ccc2cc(C(=O)O)ccc2n1)C(=O)OC(C)(C)C. The highest BCUT2D eigenvalue weighted by atomic mass is 16.6. The number of carboxylic acids is 1. The molecule has 1 N–H and O–H groups in total. The first kappa shape index (κ1) is 19.5. The number of aromatic carboxylic acids is 1. The van der Waals surface area contributed by atoms with Gasteiger partial charge in [0.2, 0.25) is 5.88 Å². The lowest BCUT2D eigenvalue weighted by Gasteiger charge is -2.24. The summed E-state index contributed by atoms with van der Waals surface area (Å²) in [5, 5.41) is 9.74. The van der Waals surface area contributed by atoms with Crippen LogP contribution >= 0.6 is 0 Å². The third-order valence-electron chi connectivity index (χ3n) is 3.50. The minimum atomic E-state index is -0.971. The largest absolute Gasteiger partial charge is 0.478 e. The maximum atomic E-state index is 11.9. The van der Waals surface area contributed by atoms with Crippen molar-refractivity contribution in [3.63, 3.8) is 0 Å². The molecule has 1 heterocycles. The van der Waals surface area contributed by atoms with Crippen molar-refractivity contribution in [2.75, 3.05) is 20.2 Å². The van der Waals surface area contributed by atoms with E-state index in [1.54, 1.807) is 31.3 Å². The molecule has 140 valence electrons. The molecule has 7 heteroatoms. The van der Waals surface area contributed by atoms with Gasteiger partial charge in [-0.1, -0.05) is 0 Å². The summed E-state index contributed by atoms with van der Waals surface area (Å²) in [6, 6.07) is 8.21. The van der Waals surface area contributed by atoms with Crippen LogP contribution in [0.15, 0.2) is 30.3 Å². The number of hydrogen-bond donors (Lipinski definition) is 1.